The fraction of sp³-hybridized carbons (Fsp3) is 0.200. The number of rotatable bonds is 2. The molecule has 15 heavy (non-hydrogen) atoms. The van der Waals surface area contributed by atoms with E-state index in [2.05, 4.69) is 9.72 Å². The Morgan fingerprint density at radius 2 is 2.20 bits per heavy atom. The number of aromatic nitrogens is 1. The Bertz CT molecular complexity index is 503. The molecule has 78 valence electrons. The molecule has 5 heteroatoms. The van der Waals surface area contributed by atoms with Crippen LogP contribution in [0.1, 0.15) is 10.7 Å². The predicted octanol–water partition coefficient (Wildman–Crippen LogP) is 1.62. The highest BCUT2D eigenvalue weighted by molar-refractivity contribution is 5.89. The molecule has 0 N–H and O–H groups in total. The second-order valence-electron chi connectivity index (χ2n) is 2.82. The predicted molar refractivity (Wildman–Crippen MR) is 51.9 cm³/mol. The Morgan fingerprint density at radius 1 is 1.40 bits per heavy atom. The molecule has 5 nitrogen and oxygen atoms in total. The van der Waals surface area contributed by atoms with Gasteiger partial charge in [0.25, 0.3) is 0 Å². The van der Waals surface area contributed by atoms with Crippen molar-refractivity contribution in [3.05, 3.63) is 24.1 Å². The number of carbonyl (C=O) groups is 1. The quantitative estimate of drug-likeness (QED) is 0.700. The summed E-state index contributed by atoms with van der Waals surface area (Å²) in [5.74, 6) is -0.114. The fourth-order valence-corrected chi connectivity index (χ4v) is 1.26. The molecule has 0 unspecified atom stereocenters. The average Bonchev–Trinajstić information content (AvgIpc) is 2.71. The maximum absolute atomic E-state index is 11.2. The molecular weight excluding hydrogens is 198 g/mol. The Labute approximate surface area is 85.6 Å². The van der Waals surface area contributed by atoms with Gasteiger partial charge in [-0.1, -0.05) is 6.07 Å². The van der Waals surface area contributed by atoms with Crippen LogP contribution in [0.5, 0.6) is 5.75 Å². The summed E-state index contributed by atoms with van der Waals surface area (Å²) in [6, 6.07) is 5.20. The number of methoxy groups -OCH3 is 2. The van der Waals surface area contributed by atoms with Gasteiger partial charge in [-0.3, -0.25) is 0 Å². The lowest BCUT2D eigenvalue weighted by molar-refractivity contribution is 0.0559. The fourth-order valence-electron chi connectivity index (χ4n) is 1.26. The Kier molecular flexibility index (Phi) is 2.29. The second-order valence-corrected chi connectivity index (χ2v) is 2.82. The first kappa shape index (κ1) is 9.51. The molecule has 1 aromatic heterocycles. The van der Waals surface area contributed by atoms with E-state index in [0.717, 1.165) is 0 Å². The topological polar surface area (TPSA) is 61.6 Å². The number of nitrogens with zero attached hydrogens (tertiary/aromatic N) is 1. The van der Waals surface area contributed by atoms with Crippen LogP contribution in [0.3, 0.4) is 0 Å². The first-order chi connectivity index (χ1) is 7.26. The monoisotopic (exact) mass is 207 g/mol. The zero-order valence-corrected chi connectivity index (χ0v) is 8.31. The van der Waals surface area contributed by atoms with Crippen molar-refractivity contribution in [3.63, 3.8) is 0 Å². The van der Waals surface area contributed by atoms with Crippen LogP contribution in [0.4, 0.5) is 0 Å². The van der Waals surface area contributed by atoms with Crippen molar-refractivity contribution in [1.29, 1.82) is 0 Å². The molecule has 0 aliphatic rings. The molecular formula is C10H9NO4. The maximum atomic E-state index is 11.2. The van der Waals surface area contributed by atoms with Crippen molar-refractivity contribution in [3.8, 4) is 5.75 Å². The van der Waals surface area contributed by atoms with E-state index < -0.39 is 5.97 Å². The molecule has 0 spiro atoms. The van der Waals surface area contributed by atoms with Crippen LogP contribution < -0.4 is 4.74 Å². The van der Waals surface area contributed by atoms with E-state index >= 15 is 0 Å². The van der Waals surface area contributed by atoms with Crippen LogP contribution in [-0.2, 0) is 4.74 Å². The number of hydrogen-bond donors (Lipinski definition) is 0. The number of carbonyl (C=O) groups excluding carboxylic acids is 1. The van der Waals surface area contributed by atoms with E-state index in [1.54, 1.807) is 18.2 Å². The Morgan fingerprint density at radius 3 is 2.87 bits per heavy atom. The van der Waals surface area contributed by atoms with Crippen molar-refractivity contribution in [2.24, 2.45) is 0 Å². The largest absolute Gasteiger partial charge is 0.494 e. The van der Waals surface area contributed by atoms with Crippen LogP contribution in [0.2, 0.25) is 0 Å². The summed E-state index contributed by atoms with van der Waals surface area (Å²) in [6.45, 7) is 0. The van der Waals surface area contributed by atoms with Crippen molar-refractivity contribution in [2.45, 2.75) is 0 Å². The van der Waals surface area contributed by atoms with Crippen molar-refractivity contribution >= 4 is 17.1 Å². The number of esters is 1. The molecule has 0 bridgehead atoms. The number of oxazole rings is 1. The minimum absolute atomic E-state index is 0.0722. The summed E-state index contributed by atoms with van der Waals surface area (Å²) in [6.07, 6.45) is 0. The molecule has 0 atom stereocenters. The summed E-state index contributed by atoms with van der Waals surface area (Å²) in [4.78, 5) is 15.2. The normalized spacial score (nSPS) is 10.3. The molecule has 0 saturated carbocycles. The van der Waals surface area contributed by atoms with Crippen LogP contribution in [0.25, 0.3) is 11.1 Å². The smallest absolute Gasteiger partial charge is 0.394 e. The Hall–Kier alpha value is -2.04. The van der Waals surface area contributed by atoms with Crippen LogP contribution in [0.15, 0.2) is 22.6 Å². The van der Waals surface area contributed by atoms with Gasteiger partial charge in [-0.2, -0.15) is 4.98 Å². The van der Waals surface area contributed by atoms with Gasteiger partial charge in [0.15, 0.2) is 11.1 Å². The van der Waals surface area contributed by atoms with Crippen LogP contribution in [0, 0.1) is 0 Å². The van der Waals surface area contributed by atoms with E-state index in [-0.39, 0.29) is 5.89 Å². The first-order valence-electron chi connectivity index (χ1n) is 4.28. The van der Waals surface area contributed by atoms with Crippen molar-refractivity contribution < 1.29 is 18.7 Å². The van der Waals surface area contributed by atoms with E-state index in [1.165, 1.54) is 14.2 Å². The van der Waals surface area contributed by atoms with Gasteiger partial charge in [0.1, 0.15) is 5.75 Å². The summed E-state index contributed by atoms with van der Waals surface area (Å²) >= 11 is 0. The summed E-state index contributed by atoms with van der Waals surface area (Å²) in [5.41, 5.74) is 1.01. The highest BCUT2D eigenvalue weighted by Crippen LogP contribution is 2.25. The zero-order valence-electron chi connectivity index (χ0n) is 8.31. The van der Waals surface area contributed by atoms with Gasteiger partial charge < -0.3 is 13.9 Å². The third-order valence-corrected chi connectivity index (χ3v) is 1.96. The molecule has 0 saturated heterocycles. The lowest BCUT2D eigenvalue weighted by Gasteiger charge is -1.96. The minimum Gasteiger partial charge on any atom is -0.494 e. The molecule has 1 aromatic carbocycles. The van der Waals surface area contributed by atoms with Crippen molar-refractivity contribution in [2.75, 3.05) is 14.2 Å². The third-order valence-electron chi connectivity index (χ3n) is 1.96. The highest BCUT2D eigenvalue weighted by atomic mass is 16.5. The lowest BCUT2D eigenvalue weighted by Crippen LogP contribution is -2.00. The van der Waals surface area contributed by atoms with E-state index in [0.29, 0.717) is 16.8 Å². The van der Waals surface area contributed by atoms with E-state index in [4.69, 9.17) is 9.15 Å². The second kappa shape index (κ2) is 3.61. The Balaban J connectivity index is 2.60. The molecule has 2 rings (SSSR count). The number of hydrogen-bond acceptors (Lipinski definition) is 5. The molecule has 0 aliphatic carbocycles. The van der Waals surface area contributed by atoms with Gasteiger partial charge >= 0.3 is 11.9 Å². The van der Waals surface area contributed by atoms with Crippen LogP contribution >= 0.6 is 0 Å². The van der Waals surface area contributed by atoms with Gasteiger partial charge in [-0.15, -0.1) is 0 Å². The lowest BCUT2D eigenvalue weighted by atomic mass is 10.3. The molecule has 0 radical (unpaired) electrons. The maximum Gasteiger partial charge on any atom is 0.394 e. The molecule has 0 fully saturated rings. The first-order valence-corrected chi connectivity index (χ1v) is 4.28. The highest BCUT2D eigenvalue weighted by Gasteiger charge is 2.16. The third kappa shape index (κ3) is 1.52. The van der Waals surface area contributed by atoms with Gasteiger partial charge in [-0.25, -0.2) is 4.79 Å². The summed E-state index contributed by atoms with van der Waals surface area (Å²) in [7, 11) is 2.80. The van der Waals surface area contributed by atoms with E-state index in [9.17, 15) is 4.79 Å². The van der Waals surface area contributed by atoms with Crippen molar-refractivity contribution in [1.82, 2.24) is 4.98 Å². The van der Waals surface area contributed by atoms with Gasteiger partial charge in [-0.05, 0) is 12.1 Å². The summed E-state index contributed by atoms with van der Waals surface area (Å²) < 4.78 is 14.8. The SMILES string of the molecule is COC(=O)c1nc2c(OC)cccc2o1. The summed E-state index contributed by atoms with van der Waals surface area (Å²) in [5, 5.41) is 0. The standard InChI is InChI=1S/C10H9NO4/c1-13-6-4-3-5-7-8(6)11-9(15-7)10(12)14-2/h3-5H,1-2H3. The van der Waals surface area contributed by atoms with Gasteiger partial charge in [0.05, 0.1) is 14.2 Å². The minimum atomic E-state index is -0.603. The number of ether oxygens (including phenoxy) is 2. The number of fused-ring (bicyclic) bond motifs is 1. The molecule has 1 heterocycles. The molecule has 2 aromatic rings. The van der Waals surface area contributed by atoms with Gasteiger partial charge in [0, 0.05) is 0 Å². The number of para-hydroxylation sites is 1. The number of benzene rings is 1. The van der Waals surface area contributed by atoms with Gasteiger partial charge in [0.2, 0.25) is 0 Å². The molecule has 0 aliphatic heterocycles. The zero-order chi connectivity index (χ0) is 10.8. The molecule has 0 amide bonds. The van der Waals surface area contributed by atoms with E-state index in [1.807, 2.05) is 0 Å². The average molecular weight is 207 g/mol. The van der Waals surface area contributed by atoms with Crippen LogP contribution in [-0.4, -0.2) is 25.2 Å².